The molecule has 1 aromatic heterocycles. The second-order valence-corrected chi connectivity index (χ2v) is 7.69. The van der Waals surface area contributed by atoms with Gasteiger partial charge in [-0.1, -0.05) is 12.1 Å². The quantitative estimate of drug-likeness (QED) is 0.639. The van der Waals surface area contributed by atoms with Crippen LogP contribution in [0.4, 0.5) is 0 Å². The number of amides is 2. The standard InChI is InChI=1S/C25H27N3O3/c1-31-23-11-5-20(6-12-23)19-24(29)27-15-4-16-28(18-17-27)25(30)21-7-9-22(10-8-21)26-13-2-3-14-26/h2-3,5-14H,4,15-19H2,1H3. The van der Waals surface area contributed by atoms with Crippen molar-refractivity contribution in [3.05, 3.63) is 84.2 Å². The summed E-state index contributed by atoms with van der Waals surface area (Å²) in [6.45, 7) is 2.44. The average molecular weight is 418 g/mol. The topological polar surface area (TPSA) is 54.8 Å². The van der Waals surface area contributed by atoms with Crippen LogP contribution in [0.2, 0.25) is 0 Å². The maximum Gasteiger partial charge on any atom is 0.253 e. The summed E-state index contributed by atoms with van der Waals surface area (Å²) in [6, 6.07) is 19.2. The fourth-order valence-corrected chi connectivity index (χ4v) is 3.87. The molecule has 6 heteroatoms. The van der Waals surface area contributed by atoms with Crippen LogP contribution in [0.5, 0.6) is 5.75 Å². The molecule has 1 aliphatic rings. The van der Waals surface area contributed by atoms with Crippen molar-refractivity contribution in [2.45, 2.75) is 12.8 Å². The van der Waals surface area contributed by atoms with Gasteiger partial charge in [-0.3, -0.25) is 9.59 Å². The van der Waals surface area contributed by atoms with Gasteiger partial charge in [-0.15, -0.1) is 0 Å². The fourth-order valence-electron chi connectivity index (χ4n) is 3.87. The fraction of sp³-hybridized carbons (Fsp3) is 0.280. The molecule has 2 aromatic carbocycles. The molecular formula is C25H27N3O3. The van der Waals surface area contributed by atoms with Crippen molar-refractivity contribution in [3.63, 3.8) is 0 Å². The molecule has 0 N–H and O–H groups in total. The van der Waals surface area contributed by atoms with Crippen molar-refractivity contribution in [3.8, 4) is 11.4 Å². The van der Waals surface area contributed by atoms with Crippen molar-refractivity contribution in [2.75, 3.05) is 33.3 Å². The maximum absolute atomic E-state index is 13.0. The van der Waals surface area contributed by atoms with E-state index in [2.05, 4.69) is 0 Å². The van der Waals surface area contributed by atoms with E-state index < -0.39 is 0 Å². The summed E-state index contributed by atoms with van der Waals surface area (Å²) in [7, 11) is 1.63. The van der Waals surface area contributed by atoms with Crippen LogP contribution in [0, 0.1) is 0 Å². The molecule has 2 amide bonds. The Morgan fingerprint density at radius 1 is 0.839 bits per heavy atom. The minimum absolute atomic E-state index is 0.0171. The molecule has 1 aliphatic heterocycles. The van der Waals surface area contributed by atoms with E-state index in [4.69, 9.17) is 4.74 Å². The molecule has 0 aliphatic carbocycles. The monoisotopic (exact) mass is 417 g/mol. The van der Waals surface area contributed by atoms with E-state index in [1.165, 1.54) is 0 Å². The van der Waals surface area contributed by atoms with Gasteiger partial charge in [0, 0.05) is 49.8 Å². The van der Waals surface area contributed by atoms with Crippen LogP contribution in [-0.4, -0.2) is 59.5 Å². The van der Waals surface area contributed by atoms with Gasteiger partial charge < -0.3 is 19.1 Å². The maximum atomic E-state index is 13.0. The predicted octanol–water partition coefficient (Wildman–Crippen LogP) is 3.40. The van der Waals surface area contributed by atoms with E-state index in [9.17, 15) is 9.59 Å². The van der Waals surface area contributed by atoms with Gasteiger partial charge in [-0.25, -0.2) is 0 Å². The Morgan fingerprint density at radius 2 is 1.48 bits per heavy atom. The molecule has 2 heterocycles. The first-order valence-corrected chi connectivity index (χ1v) is 10.6. The molecule has 0 spiro atoms. The Kier molecular flexibility index (Phi) is 6.36. The van der Waals surface area contributed by atoms with Crippen molar-refractivity contribution in [1.82, 2.24) is 14.4 Å². The Balaban J connectivity index is 1.34. The molecule has 6 nitrogen and oxygen atoms in total. The lowest BCUT2D eigenvalue weighted by Gasteiger charge is -2.22. The van der Waals surface area contributed by atoms with Crippen LogP contribution < -0.4 is 4.74 Å². The lowest BCUT2D eigenvalue weighted by molar-refractivity contribution is -0.130. The van der Waals surface area contributed by atoms with E-state index >= 15 is 0 Å². The summed E-state index contributed by atoms with van der Waals surface area (Å²) < 4.78 is 7.18. The van der Waals surface area contributed by atoms with Crippen LogP contribution in [0.3, 0.4) is 0 Å². The second-order valence-electron chi connectivity index (χ2n) is 7.69. The molecule has 0 saturated carbocycles. The zero-order chi connectivity index (χ0) is 21.6. The highest BCUT2D eigenvalue weighted by molar-refractivity contribution is 5.94. The average Bonchev–Trinajstić information content (AvgIpc) is 3.23. The predicted molar refractivity (Wildman–Crippen MR) is 120 cm³/mol. The summed E-state index contributed by atoms with van der Waals surface area (Å²) in [6.07, 6.45) is 5.09. The summed E-state index contributed by atoms with van der Waals surface area (Å²) in [5, 5.41) is 0. The number of ether oxygens (including phenoxy) is 1. The summed E-state index contributed by atoms with van der Waals surface area (Å²) in [4.78, 5) is 29.5. The Labute approximate surface area is 182 Å². The summed E-state index contributed by atoms with van der Waals surface area (Å²) >= 11 is 0. The molecule has 4 rings (SSSR count). The molecule has 1 saturated heterocycles. The van der Waals surface area contributed by atoms with Gasteiger partial charge in [0.15, 0.2) is 0 Å². The highest BCUT2D eigenvalue weighted by Gasteiger charge is 2.23. The third kappa shape index (κ3) is 4.97. The van der Waals surface area contributed by atoms with Gasteiger partial charge >= 0.3 is 0 Å². The third-order valence-corrected chi connectivity index (χ3v) is 5.67. The highest BCUT2D eigenvalue weighted by atomic mass is 16.5. The first-order valence-electron chi connectivity index (χ1n) is 10.6. The molecule has 0 radical (unpaired) electrons. The largest absolute Gasteiger partial charge is 0.497 e. The Hall–Kier alpha value is -3.54. The molecule has 0 unspecified atom stereocenters. The Bertz CT molecular complexity index is 1010. The van der Waals surface area contributed by atoms with Gasteiger partial charge in [-0.2, -0.15) is 0 Å². The number of hydrogen-bond acceptors (Lipinski definition) is 3. The van der Waals surface area contributed by atoms with Crippen LogP contribution in [-0.2, 0) is 11.2 Å². The molecule has 0 atom stereocenters. The molecule has 31 heavy (non-hydrogen) atoms. The highest BCUT2D eigenvalue weighted by Crippen LogP contribution is 2.15. The van der Waals surface area contributed by atoms with E-state index in [0.717, 1.165) is 23.4 Å². The minimum atomic E-state index is 0.0171. The van der Waals surface area contributed by atoms with Crippen LogP contribution >= 0.6 is 0 Å². The van der Waals surface area contributed by atoms with Crippen molar-refractivity contribution < 1.29 is 14.3 Å². The van der Waals surface area contributed by atoms with E-state index in [1.54, 1.807) is 7.11 Å². The van der Waals surface area contributed by atoms with Gasteiger partial charge in [-0.05, 0) is 60.5 Å². The molecular weight excluding hydrogens is 390 g/mol. The number of carbonyl (C=O) groups is 2. The van der Waals surface area contributed by atoms with E-state index in [1.807, 2.05) is 87.4 Å². The number of nitrogens with zero attached hydrogens (tertiary/aromatic N) is 3. The molecule has 1 fully saturated rings. The smallest absolute Gasteiger partial charge is 0.253 e. The van der Waals surface area contributed by atoms with E-state index in [-0.39, 0.29) is 11.8 Å². The van der Waals surface area contributed by atoms with E-state index in [0.29, 0.717) is 38.2 Å². The number of hydrogen-bond donors (Lipinski definition) is 0. The van der Waals surface area contributed by atoms with Crippen LogP contribution in [0.25, 0.3) is 5.69 Å². The summed E-state index contributed by atoms with van der Waals surface area (Å²) in [5.74, 6) is 0.889. The van der Waals surface area contributed by atoms with Gasteiger partial charge in [0.25, 0.3) is 5.91 Å². The van der Waals surface area contributed by atoms with Crippen LogP contribution in [0.1, 0.15) is 22.3 Å². The Morgan fingerprint density at radius 3 is 2.16 bits per heavy atom. The van der Waals surface area contributed by atoms with Gasteiger partial charge in [0.05, 0.1) is 13.5 Å². The van der Waals surface area contributed by atoms with Crippen molar-refractivity contribution >= 4 is 11.8 Å². The zero-order valence-electron chi connectivity index (χ0n) is 17.7. The number of aromatic nitrogens is 1. The molecule has 3 aromatic rings. The van der Waals surface area contributed by atoms with Gasteiger partial charge in [0.2, 0.25) is 5.91 Å². The lowest BCUT2D eigenvalue weighted by Crippen LogP contribution is -2.38. The number of benzene rings is 2. The third-order valence-electron chi connectivity index (χ3n) is 5.67. The first kappa shape index (κ1) is 20.7. The van der Waals surface area contributed by atoms with Gasteiger partial charge in [0.1, 0.15) is 5.75 Å². The minimum Gasteiger partial charge on any atom is -0.497 e. The molecule has 0 bridgehead atoms. The second kappa shape index (κ2) is 9.51. The van der Waals surface area contributed by atoms with Crippen LogP contribution in [0.15, 0.2) is 73.1 Å². The SMILES string of the molecule is COc1ccc(CC(=O)N2CCCN(C(=O)c3ccc(-n4cccc4)cc3)CC2)cc1. The first-order chi connectivity index (χ1) is 15.1. The normalized spacial score (nSPS) is 14.2. The molecule has 160 valence electrons. The zero-order valence-corrected chi connectivity index (χ0v) is 17.7. The number of carbonyl (C=O) groups excluding carboxylic acids is 2. The lowest BCUT2D eigenvalue weighted by atomic mass is 10.1. The summed E-state index contributed by atoms with van der Waals surface area (Å²) in [5.41, 5.74) is 2.66. The number of rotatable bonds is 5. The number of methoxy groups -OCH3 is 1. The van der Waals surface area contributed by atoms with Crippen molar-refractivity contribution in [2.24, 2.45) is 0 Å². The van der Waals surface area contributed by atoms with Crippen molar-refractivity contribution in [1.29, 1.82) is 0 Å².